The van der Waals surface area contributed by atoms with Crippen LogP contribution in [0.2, 0.25) is 0 Å². The fraction of sp³-hybridized carbons (Fsp3) is 0.417. The van der Waals surface area contributed by atoms with Gasteiger partial charge in [0, 0.05) is 12.1 Å². The van der Waals surface area contributed by atoms with Crippen LogP contribution in [-0.2, 0) is 6.54 Å². The first-order valence-electron chi connectivity index (χ1n) is 5.33. The fourth-order valence-electron chi connectivity index (χ4n) is 1.60. The fourth-order valence-corrected chi connectivity index (χ4v) is 1.60. The number of benzene rings is 1. The topological polar surface area (TPSA) is 69.6 Å². The normalized spacial score (nSPS) is 17.1. The number of rotatable bonds is 5. The van der Waals surface area contributed by atoms with Crippen molar-refractivity contribution < 1.29 is 15.0 Å². The largest absolute Gasteiger partial charge is 0.478 e. The van der Waals surface area contributed by atoms with Crippen LogP contribution in [0.1, 0.15) is 28.8 Å². The van der Waals surface area contributed by atoms with Crippen molar-refractivity contribution in [2.75, 3.05) is 6.61 Å². The summed E-state index contributed by atoms with van der Waals surface area (Å²) in [6.07, 6.45) is 2.02. The first-order valence-corrected chi connectivity index (χ1v) is 5.33. The van der Waals surface area contributed by atoms with E-state index in [1.807, 2.05) is 0 Å². The molecule has 2 rings (SSSR count). The summed E-state index contributed by atoms with van der Waals surface area (Å²) in [5, 5.41) is 21.1. The lowest BCUT2D eigenvalue weighted by Crippen LogP contribution is -2.34. The molecule has 0 amide bonds. The van der Waals surface area contributed by atoms with Gasteiger partial charge in [0.05, 0.1) is 12.2 Å². The quantitative estimate of drug-likeness (QED) is 0.693. The molecule has 0 atom stereocenters. The first-order chi connectivity index (χ1) is 7.65. The van der Waals surface area contributed by atoms with Crippen LogP contribution in [-0.4, -0.2) is 28.3 Å². The zero-order valence-corrected chi connectivity index (χ0v) is 8.94. The Labute approximate surface area is 93.9 Å². The molecule has 1 aliphatic rings. The SMILES string of the molecule is O=C(O)c1ccc(CNC2(CO)CC2)cc1. The summed E-state index contributed by atoms with van der Waals surface area (Å²) >= 11 is 0. The summed E-state index contributed by atoms with van der Waals surface area (Å²) in [4.78, 5) is 10.6. The third-order valence-corrected chi connectivity index (χ3v) is 3.02. The molecule has 4 nitrogen and oxygen atoms in total. The molecule has 3 N–H and O–H groups in total. The Bertz CT molecular complexity index is 382. The second kappa shape index (κ2) is 4.23. The van der Waals surface area contributed by atoms with Crippen LogP contribution < -0.4 is 5.32 Å². The minimum Gasteiger partial charge on any atom is -0.478 e. The van der Waals surface area contributed by atoms with E-state index in [0.29, 0.717) is 12.1 Å². The number of hydrogen-bond donors (Lipinski definition) is 3. The van der Waals surface area contributed by atoms with E-state index in [1.165, 1.54) is 0 Å². The van der Waals surface area contributed by atoms with E-state index >= 15 is 0 Å². The van der Waals surface area contributed by atoms with Crippen molar-refractivity contribution in [2.24, 2.45) is 0 Å². The van der Waals surface area contributed by atoms with Gasteiger partial charge in [0.2, 0.25) is 0 Å². The van der Waals surface area contributed by atoms with Crippen molar-refractivity contribution >= 4 is 5.97 Å². The maximum absolute atomic E-state index is 10.6. The van der Waals surface area contributed by atoms with E-state index in [2.05, 4.69) is 5.32 Å². The standard InChI is InChI=1S/C12H15NO3/c14-8-12(5-6-12)13-7-9-1-3-10(4-2-9)11(15)16/h1-4,13-14H,5-8H2,(H,15,16). The third kappa shape index (κ3) is 2.40. The van der Waals surface area contributed by atoms with Crippen LogP contribution in [0.4, 0.5) is 0 Å². The highest BCUT2D eigenvalue weighted by Crippen LogP contribution is 2.34. The second-order valence-corrected chi connectivity index (χ2v) is 4.29. The zero-order chi connectivity index (χ0) is 11.6. The Balaban J connectivity index is 1.93. The molecule has 4 heteroatoms. The summed E-state index contributed by atoms with van der Waals surface area (Å²) < 4.78 is 0. The molecule has 0 heterocycles. The molecule has 1 aliphatic carbocycles. The van der Waals surface area contributed by atoms with Gasteiger partial charge in [0.15, 0.2) is 0 Å². The van der Waals surface area contributed by atoms with Gasteiger partial charge >= 0.3 is 5.97 Å². The van der Waals surface area contributed by atoms with Crippen LogP contribution in [0.15, 0.2) is 24.3 Å². The smallest absolute Gasteiger partial charge is 0.335 e. The van der Waals surface area contributed by atoms with Crippen LogP contribution >= 0.6 is 0 Å². The average Bonchev–Trinajstić information content (AvgIpc) is 3.08. The molecule has 1 fully saturated rings. The van der Waals surface area contributed by atoms with Crippen molar-refractivity contribution in [3.05, 3.63) is 35.4 Å². The lowest BCUT2D eigenvalue weighted by molar-refractivity contribution is 0.0697. The lowest BCUT2D eigenvalue weighted by atomic mass is 10.1. The molecule has 1 saturated carbocycles. The summed E-state index contributed by atoms with van der Waals surface area (Å²) in [5.74, 6) is -0.909. The molecule has 0 spiro atoms. The first kappa shape index (κ1) is 11.1. The molecule has 0 unspecified atom stereocenters. The van der Waals surface area contributed by atoms with Crippen LogP contribution in [0.25, 0.3) is 0 Å². The summed E-state index contributed by atoms with van der Waals surface area (Å²) in [6.45, 7) is 0.834. The Morgan fingerprint density at radius 2 is 1.94 bits per heavy atom. The number of carbonyl (C=O) groups is 1. The molecule has 0 saturated heterocycles. The molecule has 0 radical (unpaired) electrons. The van der Waals surface area contributed by atoms with Gasteiger partial charge in [0.25, 0.3) is 0 Å². The van der Waals surface area contributed by atoms with Crippen molar-refractivity contribution in [3.63, 3.8) is 0 Å². The number of aromatic carboxylic acids is 1. The number of aliphatic hydroxyl groups excluding tert-OH is 1. The number of carboxylic acids is 1. The maximum Gasteiger partial charge on any atom is 0.335 e. The highest BCUT2D eigenvalue weighted by molar-refractivity contribution is 5.87. The van der Waals surface area contributed by atoms with E-state index in [0.717, 1.165) is 18.4 Å². The highest BCUT2D eigenvalue weighted by atomic mass is 16.4. The predicted octanol–water partition coefficient (Wildman–Crippen LogP) is 0.999. The Morgan fingerprint density at radius 1 is 1.31 bits per heavy atom. The van der Waals surface area contributed by atoms with E-state index < -0.39 is 5.97 Å². The van der Waals surface area contributed by atoms with Crippen molar-refractivity contribution in [2.45, 2.75) is 24.9 Å². The minimum absolute atomic E-state index is 0.0779. The second-order valence-electron chi connectivity index (χ2n) is 4.29. The summed E-state index contributed by atoms with van der Waals surface area (Å²) in [7, 11) is 0. The number of nitrogens with one attached hydrogen (secondary N) is 1. The van der Waals surface area contributed by atoms with E-state index in [-0.39, 0.29) is 12.1 Å². The van der Waals surface area contributed by atoms with Crippen molar-refractivity contribution in [3.8, 4) is 0 Å². The summed E-state index contributed by atoms with van der Waals surface area (Å²) in [5.41, 5.74) is 1.25. The van der Waals surface area contributed by atoms with Gasteiger partial charge in [0.1, 0.15) is 0 Å². The molecule has 1 aromatic carbocycles. The molecule has 16 heavy (non-hydrogen) atoms. The van der Waals surface area contributed by atoms with Gasteiger partial charge in [-0.1, -0.05) is 12.1 Å². The summed E-state index contributed by atoms with van der Waals surface area (Å²) in [6, 6.07) is 6.78. The molecule has 0 aliphatic heterocycles. The molecule has 0 aromatic heterocycles. The molecule has 86 valence electrons. The Hall–Kier alpha value is -1.39. The Kier molecular flexibility index (Phi) is 2.94. The highest BCUT2D eigenvalue weighted by Gasteiger charge is 2.41. The van der Waals surface area contributed by atoms with Gasteiger partial charge in [-0.15, -0.1) is 0 Å². The molecular formula is C12H15NO3. The van der Waals surface area contributed by atoms with Gasteiger partial charge in [-0.25, -0.2) is 4.79 Å². The van der Waals surface area contributed by atoms with Crippen LogP contribution in [0, 0.1) is 0 Å². The molecule has 0 bridgehead atoms. The van der Waals surface area contributed by atoms with Crippen LogP contribution in [0.3, 0.4) is 0 Å². The number of hydrogen-bond acceptors (Lipinski definition) is 3. The van der Waals surface area contributed by atoms with Crippen LogP contribution in [0.5, 0.6) is 0 Å². The zero-order valence-electron chi connectivity index (χ0n) is 8.94. The monoisotopic (exact) mass is 221 g/mol. The van der Waals surface area contributed by atoms with Gasteiger partial charge in [-0.2, -0.15) is 0 Å². The molecular weight excluding hydrogens is 206 g/mol. The minimum atomic E-state index is -0.909. The number of aliphatic hydroxyl groups is 1. The van der Waals surface area contributed by atoms with Gasteiger partial charge in [-0.05, 0) is 30.5 Å². The lowest BCUT2D eigenvalue weighted by Gasteiger charge is -2.13. The average molecular weight is 221 g/mol. The number of carboxylic acid groups (broad SMARTS) is 1. The van der Waals surface area contributed by atoms with E-state index in [1.54, 1.807) is 24.3 Å². The van der Waals surface area contributed by atoms with Crippen molar-refractivity contribution in [1.29, 1.82) is 0 Å². The van der Waals surface area contributed by atoms with Crippen molar-refractivity contribution in [1.82, 2.24) is 5.32 Å². The third-order valence-electron chi connectivity index (χ3n) is 3.02. The van der Waals surface area contributed by atoms with E-state index in [9.17, 15) is 4.79 Å². The molecule has 1 aromatic rings. The van der Waals surface area contributed by atoms with Gasteiger partial charge < -0.3 is 15.5 Å². The maximum atomic E-state index is 10.6. The van der Waals surface area contributed by atoms with Gasteiger partial charge in [-0.3, -0.25) is 0 Å². The van der Waals surface area contributed by atoms with E-state index in [4.69, 9.17) is 10.2 Å². The predicted molar refractivity (Wildman–Crippen MR) is 59.3 cm³/mol. The Morgan fingerprint density at radius 3 is 2.38 bits per heavy atom.